The second kappa shape index (κ2) is 7.07. The van der Waals surface area contributed by atoms with Crippen molar-refractivity contribution < 1.29 is 4.79 Å². The maximum Gasteiger partial charge on any atom is 0.227 e. The van der Waals surface area contributed by atoms with E-state index >= 15 is 0 Å². The summed E-state index contributed by atoms with van der Waals surface area (Å²) < 4.78 is 0. The second-order valence-electron chi connectivity index (χ2n) is 4.56. The van der Waals surface area contributed by atoms with Crippen LogP contribution in [0.2, 0.25) is 0 Å². The van der Waals surface area contributed by atoms with Crippen LogP contribution in [0, 0.1) is 5.92 Å². The highest BCUT2D eigenvalue weighted by atomic mass is 16.1. The van der Waals surface area contributed by atoms with Crippen LogP contribution in [0.1, 0.15) is 31.7 Å². The Labute approximate surface area is 103 Å². The largest absolute Gasteiger partial charge is 0.355 e. The van der Waals surface area contributed by atoms with Crippen molar-refractivity contribution in [1.29, 1.82) is 0 Å². The molecule has 0 saturated heterocycles. The van der Waals surface area contributed by atoms with Crippen LogP contribution in [0.3, 0.4) is 0 Å². The minimum absolute atomic E-state index is 0.0834. The first-order chi connectivity index (χ1) is 8.15. The molecule has 1 amide bonds. The summed E-state index contributed by atoms with van der Waals surface area (Å²) in [5, 5.41) is 2.97. The molecule has 2 unspecified atom stereocenters. The lowest BCUT2D eigenvalue weighted by molar-refractivity contribution is -0.122. The number of amides is 1. The molecule has 0 radical (unpaired) electrons. The fourth-order valence-corrected chi connectivity index (χ4v) is 1.71. The zero-order valence-corrected chi connectivity index (χ0v) is 10.6. The maximum atomic E-state index is 11.9. The predicted octanol–water partition coefficient (Wildman–Crippen LogP) is 1.89. The number of carbonyl (C=O) groups is 1. The van der Waals surface area contributed by atoms with Crippen molar-refractivity contribution in [3.8, 4) is 0 Å². The van der Waals surface area contributed by atoms with Gasteiger partial charge in [0.2, 0.25) is 5.91 Å². The van der Waals surface area contributed by atoms with Gasteiger partial charge in [0, 0.05) is 6.54 Å². The quantitative estimate of drug-likeness (QED) is 0.789. The van der Waals surface area contributed by atoms with E-state index < -0.39 is 0 Å². The first kappa shape index (κ1) is 13.7. The van der Waals surface area contributed by atoms with Crippen molar-refractivity contribution in [2.24, 2.45) is 11.7 Å². The standard InChI is InChI=1S/C14H22N2O/c1-11(8-9-15)10-16-14(17)12(2)13-6-4-3-5-7-13/h3-7,11-12H,8-10,15H2,1-2H3,(H,16,17). The fourth-order valence-electron chi connectivity index (χ4n) is 1.71. The molecule has 0 aliphatic heterocycles. The number of rotatable bonds is 6. The molecule has 3 heteroatoms. The molecule has 0 aromatic heterocycles. The van der Waals surface area contributed by atoms with E-state index in [0.29, 0.717) is 19.0 Å². The molecule has 0 saturated carbocycles. The lowest BCUT2D eigenvalue weighted by Crippen LogP contribution is -2.32. The first-order valence-corrected chi connectivity index (χ1v) is 6.18. The van der Waals surface area contributed by atoms with Gasteiger partial charge in [-0.2, -0.15) is 0 Å². The van der Waals surface area contributed by atoms with Crippen LogP contribution >= 0.6 is 0 Å². The molecule has 0 aliphatic rings. The van der Waals surface area contributed by atoms with E-state index in [2.05, 4.69) is 12.2 Å². The Morgan fingerprint density at radius 3 is 2.53 bits per heavy atom. The van der Waals surface area contributed by atoms with Gasteiger partial charge in [-0.05, 0) is 31.4 Å². The summed E-state index contributed by atoms with van der Waals surface area (Å²) >= 11 is 0. The van der Waals surface area contributed by atoms with Gasteiger partial charge in [0.05, 0.1) is 5.92 Å². The molecular formula is C14H22N2O. The van der Waals surface area contributed by atoms with Gasteiger partial charge in [0.15, 0.2) is 0 Å². The lowest BCUT2D eigenvalue weighted by Gasteiger charge is -2.15. The van der Waals surface area contributed by atoms with Crippen LogP contribution < -0.4 is 11.1 Å². The first-order valence-electron chi connectivity index (χ1n) is 6.18. The average molecular weight is 234 g/mol. The molecule has 0 bridgehead atoms. The van der Waals surface area contributed by atoms with Crippen LogP contribution in [-0.4, -0.2) is 19.0 Å². The molecular weight excluding hydrogens is 212 g/mol. The topological polar surface area (TPSA) is 55.1 Å². The summed E-state index contributed by atoms with van der Waals surface area (Å²) in [6, 6.07) is 9.82. The summed E-state index contributed by atoms with van der Waals surface area (Å²) in [4.78, 5) is 11.9. The van der Waals surface area contributed by atoms with Crippen LogP contribution in [0.15, 0.2) is 30.3 Å². The molecule has 94 valence electrons. The molecule has 2 atom stereocenters. The minimum Gasteiger partial charge on any atom is -0.355 e. The number of hydrogen-bond acceptors (Lipinski definition) is 2. The highest BCUT2D eigenvalue weighted by Gasteiger charge is 2.14. The third-order valence-electron chi connectivity index (χ3n) is 2.98. The molecule has 1 aromatic rings. The monoisotopic (exact) mass is 234 g/mol. The van der Waals surface area contributed by atoms with Crippen LogP contribution in [0.5, 0.6) is 0 Å². The summed E-state index contributed by atoms with van der Waals surface area (Å²) in [6.45, 7) is 5.40. The lowest BCUT2D eigenvalue weighted by atomic mass is 10.00. The fraction of sp³-hybridized carbons (Fsp3) is 0.500. The van der Waals surface area contributed by atoms with Gasteiger partial charge >= 0.3 is 0 Å². The van der Waals surface area contributed by atoms with Gasteiger partial charge in [-0.3, -0.25) is 4.79 Å². The number of benzene rings is 1. The van der Waals surface area contributed by atoms with E-state index in [1.54, 1.807) is 0 Å². The smallest absolute Gasteiger partial charge is 0.227 e. The molecule has 0 spiro atoms. The molecule has 1 rings (SSSR count). The molecule has 3 N–H and O–H groups in total. The van der Waals surface area contributed by atoms with Crippen molar-refractivity contribution in [2.45, 2.75) is 26.2 Å². The number of nitrogens with two attached hydrogens (primary N) is 1. The minimum atomic E-state index is -0.0960. The number of hydrogen-bond donors (Lipinski definition) is 2. The summed E-state index contributed by atoms with van der Waals surface area (Å²) in [7, 11) is 0. The predicted molar refractivity (Wildman–Crippen MR) is 70.7 cm³/mol. The van der Waals surface area contributed by atoms with Gasteiger partial charge in [0.25, 0.3) is 0 Å². The normalized spacial score (nSPS) is 14.1. The third kappa shape index (κ3) is 4.57. The van der Waals surface area contributed by atoms with Crippen molar-refractivity contribution in [2.75, 3.05) is 13.1 Å². The maximum absolute atomic E-state index is 11.9. The van der Waals surface area contributed by atoms with Gasteiger partial charge in [-0.1, -0.05) is 37.3 Å². The number of carbonyl (C=O) groups excluding carboxylic acids is 1. The molecule has 0 heterocycles. The molecule has 1 aromatic carbocycles. The molecule has 3 nitrogen and oxygen atoms in total. The van der Waals surface area contributed by atoms with Crippen molar-refractivity contribution in [3.05, 3.63) is 35.9 Å². The van der Waals surface area contributed by atoms with Gasteiger partial charge in [-0.15, -0.1) is 0 Å². The highest BCUT2D eigenvalue weighted by molar-refractivity contribution is 5.83. The summed E-state index contributed by atoms with van der Waals surface area (Å²) in [5.74, 6) is 0.424. The van der Waals surface area contributed by atoms with Gasteiger partial charge in [-0.25, -0.2) is 0 Å². The van der Waals surface area contributed by atoms with E-state index in [0.717, 1.165) is 12.0 Å². The van der Waals surface area contributed by atoms with Gasteiger partial charge < -0.3 is 11.1 Å². The summed E-state index contributed by atoms with van der Waals surface area (Å²) in [6.07, 6.45) is 0.944. The highest BCUT2D eigenvalue weighted by Crippen LogP contribution is 2.14. The van der Waals surface area contributed by atoms with Crippen molar-refractivity contribution in [3.63, 3.8) is 0 Å². The Kier molecular flexibility index (Phi) is 5.70. The Balaban J connectivity index is 2.43. The number of nitrogens with one attached hydrogen (secondary N) is 1. The van der Waals surface area contributed by atoms with Crippen LogP contribution in [-0.2, 0) is 4.79 Å². The van der Waals surface area contributed by atoms with E-state index in [1.165, 1.54) is 0 Å². The second-order valence-corrected chi connectivity index (χ2v) is 4.56. The van der Waals surface area contributed by atoms with Crippen LogP contribution in [0.4, 0.5) is 0 Å². The summed E-state index contributed by atoms with van der Waals surface area (Å²) in [5.41, 5.74) is 6.53. The van der Waals surface area contributed by atoms with Crippen molar-refractivity contribution in [1.82, 2.24) is 5.32 Å². The zero-order chi connectivity index (χ0) is 12.7. The third-order valence-corrected chi connectivity index (χ3v) is 2.98. The average Bonchev–Trinajstić information content (AvgIpc) is 2.36. The zero-order valence-electron chi connectivity index (χ0n) is 10.6. The Morgan fingerprint density at radius 1 is 1.29 bits per heavy atom. The van der Waals surface area contributed by atoms with E-state index in [1.807, 2.05) is 37.3 Å². The van der Waals surface area contributed by atoms with Crippen LogP contribution in [0.25, 0.3) is 0 Å². The van der Waals surface area contributed by atoms with E-state index in [4.69, 9.17) is 5.73 Å². The Bertz CT molecular complexity index is 337. The van der Waals surface area contributed by atoms with E-state index in [9.17, 15) is 4.79 Å². The Morgan fingerprint density at radius 2 is 1.94 bits per heavy atom. The Hall–Kier alpha value is -1.35. The molecule has 0 aliphatic carbocycles. The van der Waals surface area contributed by atoms with Crippen molar-refractivity contribution >= 4 is 5.91 Å². The SMILES string of the molecule is CC(CCN)CNC(=O)C(C)c1ccccc1. The molecule has 17 heavy (non-hydrogen) atoms. The van der Waals surface area contributed by atoms with E-state index in [-0.39, 0.29) is 11.8 Å². The van der Waals surface area contributed by atoms with Gasteiger partial charge in [0.1, 0.15) is 0 Å². The molecule has 0 fully saturated rings.